The van der Waals surface area contributed by atoms with E-state index in [1.807, 2.05) is 30.3 Å². The van der Waals surface area contributed by atoms with Crippen molar-refractivity contribution in [1.82, 2.24) is 19.9 Å². The van der Waals surface area contributed by atoms with E-state index in [0.29, 0.717) is 61.6 Å². The Hall–Kier alpha value is -5.46. The maximum Gasteiger partial charge on any atom is 0.259 e. The predicted molar refractivity (Wildman–Crippen MR) is 191 cm³/mol. The van der Waals surface area contributed by atoms with Gasteiger partial charge in [-0.1, -0.05) is 12.1 Å². The molecule has 1 spiro atoms. The molecule has 2 fully saturated rings. The highest BCUT2D eigenvalue weighted by Gasteiger charge is 2.45. The van der Waals surface area contributed by atoms with E-state index in [0.717, 1.165) is 50.2 Å². The Morgan fingerprint density at radius 3 is 2.52 bits per heavy atom. The van der Waals surface area contributed by atoms with Crippen LogP contribution in [0.3, 0.4) is 0 Å². The summed E-state index contributed by atoms with van der Waals surface area (Å²) in [7, 11) is 0. The quantitative estimate of drug-likeness (QED) is 0.202. The molecule has 3 aliphatic heterocycles. The number of carbonyl (C=O) groups excluding carboxylic acids is 2. The first-order valence-corrected chi connectivity index (χ1v) is 17.5. The zero-order chi connectivity index (χ0) is 33.8. The Morgan fingerprint density at radius 2 is 1.70 bits per heavy atom. The molecular formula is C38H32FN7O3S. The first-order valence-electron chi connectivity index (χ1n) is 16.7. The Balaban J connectivity index is 0.933. The molecule has 0 atom stereocenters. The minimum atomic E-state index is -0.343. The van der Waals surface area contributed by atoms with E-state index in [1.54, 1.807) is 59.8 Å². The molecule has 2 aromatic carbocycles. The molecule has 2 saturated heterocycles. The molecule has 0 radical (unpaired) electrons. The average Bonchev–Trinajstić information content (AvgIpc) is 3.67. The van der Waals surface area contributed by atoms with Gasteiger partial charge in [0.2, 0.25) is 0 Å². The molecule has 9 rings (SSSR count). The van der Waals surface area contributed by atoms with Crippen molar-refractivity contribution in [3.05, 3.63) is 108 Å². The number of nitrogens with one attached hydrogen (secondary N) is 2. The first-order chi connectivity index (χ1) is 24.5. The Morgan fingerprint density at radius 1 is 0.920 bits per heavy atom. The summed E-state index contributed by atoms with van der Waals surface area (Å²) in [6.45, 7) is 3.56. The number of nitrogens with zero attached hydrogens (tertiary/aromatic N) is 5. The number of imidazole rings is 1. The fraction of sp³-hybridized carbons (Fsp3) is 0.237. The van der Waals surface area contributed by atoms with Crippen molar-refractivity contribution in [2.75, 3.05) is 48.0 Å². The van der Waals surface area contributed by atoms with E-state index in [-0.39, 0.29) is 29.6 Å². The topological polar surface area (TPSA) is 116 Å². The highest BCUT2D eigenvalue weighted by atomic mass is 32.1. The SMILES string of the molecule is O=C(Nc1ccc(C(=O)N2CCc3c(sc(-c4nc5ccccc5[nH]4)c3F)-c3ncccc32)cc1)c1cccnc1N1CC2(CCOCC2)C1. The molecule has 4 aromatic heterocycles. The van der Waals surface area contributed by atoms with Gasteiger partial charge in [-0.2, -0.15) is 0 Å². The third-order valence-electron chi connectivity index (χ3n) is 10.00. The maximum absolute atomic E-state index is 16.1. The molecule has 0 saturated carbocycles. The van der Waals surface area contributed by atoms with Crippen LogP contribution in [0.15, 0.2) is 85.2 Å². The van der Waals surface area contributed by atoms with E-state index in [9.17, 15) is 9.59 Å². The Kier molecular flexibility index (Phi) is 7.43. The summed E-state index contributed by atoms with van der Waals surface area (Å²) in [5, 5.41) is 2.98. The van der Waals surface area contributed by atoms with Gasteiger partial charge in [0.25, 0.3) is 11.8 Å². The lowest BCUT2D eigenvalue weighted by atomic mass is 9.73. The number of amides is 2. The Bertz CT molecular complexity index is 2240. The molecule has 12 heteroatoms. The minimum absolute atomic E-state index is 0.237. The molecule has 0 unspecified atom stereocenters. The van der Waals surface area contributed by atoms with Gasteiger partial charge in [-0.25, -0.2) is 14.4 Å². The molecular weight excluding hydrogens is 654 g/mol. The van der Waals surface area contributed by atoms with E-state index in [1.165, 1.54) is 11.3 Å². The van der Waals surface area contributed by atoms with Gasteiger partial charge in [0.15, 0.2) is 5.82 Å². The van der Waals surface area contributed by atoms with Crippen LogP contribution in [0.25, 0.3) is 32.3 Å². The van der Waals surface area contributed by atoms with Crippen molar-refractivity contribution in [3.8, 4) is 21.3 Å². The molecule has 2 N–H and O–H groups in total. The molecule has 50 heavy (non-hydrogen) atoms. The van der Waals surface area contributed by atoms with Gasteiger partial charge >= 0.3 is 0 Å². The first kappa shape index (κ1) is 30.6. The molecule has 0 aliphatic carbocycles. The molecule has 2 amide bonds. The van der Waals surface area contributed by atoms with Crippen LogP contribution in [0.5, 0.6) is 0 Å². The number of hydrogen-bond acceptors (Lipinski definition) is 8. The predicted octanol–water partition coefficient (Wildman–Crippen LogP) is 6.96. The third-order valence-corrected chi connectivity index (χ3v) is 11.2. The van der Waals surface area contributed by atoms with Gasteiger partial charge in [-0.3, -0.25) is 14.6 Å². The summed E-state index contributed by atoms with van der Waals surface area (Å²) in [4.78, 5) is 49.4. The van der Waals surface area contributed by atoms with Gasteiger partial charge in [0.05, 0.1) is 27.2 Å². The number of benzene rings is 2. The minimum Gasteiger partial charge on any atom is -0.381 e. The lowest BCUT2D eigenvalue weighted by Gasteiger charge is -2.53. The van der Waals surface area contributed by atoms with Crippen LogP contribution in [0.2, 0.25) is 0 Å². The van der Waals surface area contributed by atoms with Gasteiger partial charge < -0.3 is 24.8 Å². The number of hydrogen-bond donors (Lipinski definition) is 2. The van der Waals surface area contributed by atoms with Crippen LogP contribution in [-0.2, 0) is 11.2 Å². The number of carbonyl (C=O) groups is 2. The molecule has 7 heterocycles. The lowest BCUT2D eigenvalue weighted by molar-refractivity contribution is -0.000509. The molecule has 10 nitrogen and oxygen atoms in total. The van der Waals surface area contributed by atoms with E-state index in [2.05, 4.69) is 30.2 Å². The van der Waals surface area contributed by atoms with Gasteiger partial charge in [0.1, 0.15) is 22.2 Å². The third kappa shape index (κ3) is 5.22. The second-order valence-electron chi connectivity index (χ2n) is 13.1. The number of aromatic nitrogens is 4. The van der Waals surface area contributed by atoms with Gasteiger partial charge in [-0.05, 0) is 79.9 Å². The molecule has 6 aromatic rings. The number of para-hydroxylation sites is 2. The van der Waals surface area contributed by atoms with Crippen LogP contribution in [-0.4, -0.2) is 64.6 Å². The van der Waals surface area contributed by atoms with Crippen LogP contribution in [0, 0.1) is 11.2 Å². The van der Waals surface area contributed by atoms with Gasteiger partial charge in [-0.15, -0.1) is 11.3 Å². The fourth-order valence-electron chi connectivity index (χ4n) is 7.33. The molecule has 250 valence electrons. The average molecular weight is 686 g/mol. The van der Waals surface area contributed by atoms with Gasteiger partial charge in [0, 0.05) is 67.5 Å². The number of anilines is 3. The lowest BCUT2D eigenvalue weighted by Crippen LogP contribution is -2.59. The molecule has 3 aliphatic rings. The van der Waals surface area contributed by atoms with Crippen molar-refractivity contribution < 1.29 is 18.7 Å². The van der Waals surface area contributed by atoms with Crippen molar-refractivity contribution in [2.24, 2.45) is 5.41 Å². The van der Waals surface area contributed by atoms with Crippen LogP contribution < -0.4 is 15.1 Å². The number of thiophene rings is 1. The number of pyridine rings is 2. The number of rotatable bonds is 5. The Labute approximate surface area is 291 Å². The second-order valence-corrected chi connectivity index (χ2v) is 14.1. The smallest absolute Gasteiger partial charge is 0.259 e. The zero-order valence-corrected chi connectivity index (χ0v) is 27.8. The molecule has 0 bridgehead atoms. The van der Waals surface area contributed by atoms with Crippen LogP contribution in [0.4, 0.5) is 21.6 Å². The number of aromatic amines is 1. The number of ether oxygens (including phenoxy) is 1. The summed E-state index contributed by atoms with van der Waals surface area (Å²) in [6, 6.07) is 21.6. The van der Waals surface area contributed by atoms with E-state index >= 15 is 4.39 Å². The summed E-state index contributed by atoms with van der Waals surface area (Å²) in [6.07, 6.45) is 5.74. The standard InChI is InChI=1S/C38H32FN7O3S/c39-30-25-13-18-46(29-8-4-16-40-31(29)32(25)50-33(30)34-43-27-6-1-2-7-28(27)44-34)37(48)23-9-11-24(12-10-23)42-36(47)26-5-3-17-41-35(26)45-21-38(22-45)14-19-49-20-15-38/h1-12,16-17H,13-15,18-22H2,(H,42,47)(H,43,44). The second kappa shape index (κ2) is 12.1. The summed E-state index contributed by atoms with van der Waals surface area (Å²) in [5.74, 6) is 0.312. The highest BCUT2D eigenvalue weighted by molar-refractivity contribution is 7.19. The van der Waals surface area contributed by atoms with E-state index < -0.39 is 0 Å². The van der Waals surface area contributed by atoms with Crippen molar-refractivity contribution >= 4 is 51.4 Å². The van der Waals surface area contributed by atoms with Crippen molar-refractivity contribution in [3.63, 3.8) is 0 Å². The number of halogens is 1. The van der Waals surface area contributed by atoms with Crippen LogP contribution >= 0.6 is 11.3 Å². The fourth-order valence-corrected chi connectivity index (χ4v) is 8.51. The normalized spacial score (nSPS) is 16.4. The zero-order valence-electron chi connectivity index (χ0n) is 27.0. The monoisotopic (exact) mass is 685 g/mol. The van der Waals surface area contributed by atoms with Crippen molar-refractivity contribution in [2.45, 2.75) is 19.3 Å². The maximum atomic E-state index is 16.1. The van der Waals surface area contributed by atoms with E-state index in [4.69, 9.17) is 4.74 Å². The summed E-state index contributed by atoms with van der Waals surface area (Å²) >= 11 is 1.29. The van der Waals surface area contributed by atoms with Crippen molar-refractivity contribution in [1.29, 1.82) is 0 Å². The summed E-state index contributed by atoms with van der Waals surface area (Å²) < 4.78 is 21.6. The largest absolute Gasteiger partial charge is 0.381 e. The number of H-pyrrole nitrogens is 1. The van der Waals surface area contributed by atoms with Crippen LogP contribution in [0.1, 0.15) is 39.1 Å². The summed E-state index contributed by atoms with van der Waals surface area (Å²) in [5.41, 5.74) is 5.05. The number of fused-ring (bicyclic) bond motifs is 4. The highest BCUT2D eigenvalue weighted by Crippen LogP contribution is 2.46.